The molecule has 0 saturated heterocycles. The molecule has 3 rings (SSSR count). The Bertz CT molecular complexity index is 889. The molecule has 6 nitrogen and oxygen atoms in total. The fraction of sp³-hybridized carbons (Fsp3) is 0.400. The van der Waals surface area contributed by atoms with Gasteiger partial charge in [0.05, 0.1) is 11.7 Å². The number of aromatic nitrogens is 2. The number of pyridine rings is 2. The number of hydrogen-bond donors (Lipinski definition) is 1. The zero-order valence-corrected chi connectivity index (χ0v) is 15.2. The van der Waals surface area contributed by atoms with E-state index in [1.54, 1.807) is 18.5 Å². The van der Waals surface area contributed by atoms with Gasteiger partial charge in [-0.2, -0.15) is 0 Å². The molecule has 26 heavy (non-hydrogen) atoms. The summed E-state index contributed by atoms with van der Waals surface area (Å²) in [5.41, 5.74) is 0.631. The number of hydrogen-bond acceptors (Lipinski definition) is 4. The van der Waals surface area contributed by atoms with Crippen LogP contribution in [0, 0.1) is 11.8 Å². The molecule has 1 fully saturated rings. The number of nitrogens with one attached hydrogen (secondary N) is 1. The van der Waals surface area contributed by atoms with Crippen molar-refractivity contribution in [2.75, 3.05) is 7.05 Å². The van der Waals surface area contributed by atoms with Gasteiger partial charge in [-0.05, 0) is 43.4 Å². The molecule has 0 bridgehead atoms. The smallest absolute Gasteiger partial charge is 0.264 e. The van der Waals surface area contributed by atoms with E-state index in [1.165, 1.54) is 17.7 Å². The number of ketones is 1. The minimum absolute atomic E-state index is 0.0232. The summed E-state index contributed by atoms with van der Waals surface area (Å²) in [7, 11) is 1.47. The Morgan fingerprint density at radius 3 is 2.69 bits per heavy atom. The van der Waals surface area contributed by atoms with Gasteiger partial charge in [0.2, 0.25) is 0 Å². The first-order chi connectivity index (χ1) is 12.4. The van der Waals surface area contributed by atoms with Crippen molar-refractivity contribution >= 4 is 11.7 Å². The molecule has 1 amide bonds. The lowest BCUT2D eigenvalue weighted by Crippen LogP contribution is -2.34. The third kappa shape index (κ3) is 3.59. The molecule has 1 N–H and O–H groups in total. The van der Waals surface area contributed by atoms with Crippen LogP contribution in [0.1, 0.15) is 59.1 Å². The first-order valence-electron chi connectivity index (χ1n) is 8.84. The van der Waals surface area contributed by atoms with Crippen molar-refractivity contribution in [3.8, 4) is 0 Å². The van der Waals surface area contributed by atoms with E-state index in [9.17, 15) is 14.4 Å². The van der Waals surface area contributed by atoms with E-state index in [0.717, 1.165) is 6.42 Å². The van der Waals surface area contributed by atoms with Crippen LogP contribution in [-0.2, 0) is 0 Å². The summed E-state index contributed by atoms with van der Waals surface area (Å²) < 4.78 is 1.43. The van der Waals surface area contributed by atoms with Crippen molar-refractivity contribution in [1.29, 1.82) is 0 Å². The molecule has 0 aliphatic heterocycles. The van der Waals surface area contributed by atoms with Crippen molar-refractivity contribution in [1.82, 2.24) is 14.9 Å². The first-order valence-corrected chi connectivity index (χ1v) is 8.84. The molecule has 0 radical (unpaired) electrons. The molecular weight excluding hydrogens is 330 g/mol. The van der Waals surface area contributed by atoms with Crippen molar-refractivity contribution in [2.24, 2.45) is 11.8 Å². The van der Waals surface area contributed by atoms with Gasteiger partial charge >= 0.3 is 0 Å². The summed E-state index contributed by atoms with van der Waals surface area (Å²) in [4.78, 5) is 41.9. The van der Waals surface area contributed by atoms with E-state index < -0.39 is 11.5 Å². The highest BCUT2D eigenvalue weighted by molar-refractivity contribution is 6.00. The third-order valence-electron chi connectivity index (χ3n) is 5.09. The minimum atomic E-state index is -0.494. The lowest BCUT2D eigenvalue weighted by molar-refractivity contribution is 0.0961. The van der Waals surface area contributed by atoms with Crippen LogP contribution < -0.4 is 10.9 Å². The second-order valence-electron chi connectivity index (χ2n) is 6.96. The first kappa shape index (κ1) is 18.0. The molecule has 6 heteroatoms. The van der Waals surface area contributed by atoms with E-state index in [2.05, 4.69) is 17.2 Å². The summed E-state index contributed by atoms with van der Waals surface area (Å²) >= 11 is 0. The van der Waals surface area contributed by atoms with Gasteiger partial charge in [0.25, 0.3) is 11.5 Å². The molecule has 1 aliphatic rings. The van der Waals surface area contributed by atoms with Crippen LogP contribution in [0.25, 0.3) is 0 Å². The fourth-order valence-corrected chi connectivity index (χ4v) is 3.14. The maximum absolute atomic E-state index is 12.8. The molecular formula is C20H23N3O3. The molecule has 2 aromatic heterocycles. The van der Waals surface area contributed by atoms with Gasteiger partial charge < -0.3 is 9.88 Å². The minimum Gasteiger partial charge on any atom is -0.355 e. The molecule has 0 spiro atoms. The Balaban J connectivity index is 2.04. The van der Waals surface area contributed by atoms with Gasteiger partial charge in [-0.15, -0.1) is 0 Å². The highest BCUT2D eigenvalue weighted by Gasteiger charge is 2.34. The number of carbonyl (C=O) groups excluding carboxylic acids is 2. The van der Waals surface area contributed by atoms with E-state index in [-0.39, 0.29) is 17.4 Å². The largest absolute Gasteiger partial charge is 0.355 e. The van der Waals surface area contributed by atoms with Crippen LogP contribution in [0.15, 0.2) is 41.5 Å². The molecule has 0 aromatic carbocycles. The maximum Gasteiger partial charge on any atom is 0.264 e. The zero-order valence-electron chi connectivity index (χ0n) is 15.2. The highest BCUT2D eigenvalue weighted by Crippen LogP contribution is 2.41. The summed E-state index contributed by atoms with van der Waals surface area (Å²) in [5, 5.41) is 2.48. The topological polar surface area (TPSA) is 81.1 Å². The van der Waals surface area contributed by atoms with Gasteiger partial charge in [-0.3, -0.25) is 19.4 Å². The Morgan fingerprint density at radius 2 is 2.12 bits per heavy atom. The average Bonchev–Trinajstić information content (AvgIpc) is 3.35. The Kier molecular flexibility index (Phi) is 5.02. The van der Waals surface area contributed by atoms with Gasteiger partial charge in [0, 0.05) is 31.4 Å². The molecule has 136 valence electrons. The van der Waals surface area contributed by atoms with Crippen molar-refractivity contribution < 1.29 is 9.59 Å². The van der Waals surface area contributed by atoms with Gasteiger partial charge in [-0.25, -0.2) is 0 Å². The molecule has 3 atom stereocenters. The SMILES string of the molecule is CNC(=O)c1cc(C(=O)C[C@H]2C[C@@H]2C)cn(C(C)c2ccccn2)c1=O. The van der Waals surface area contributed by atoms with Crippen LogP contribution in [0.3, 0.4) is 0 Å². The summed E-state index contributed by atoms with van der Waals surface area (Å²) in [6.07, 6.45) is 4.71. The molecule has 2 heterocycles. The second kappa shape index (κ2) is 7.23. The van der Waals surface area contributed by atoms with E-state index in [1.807, 2.05) is 19.1 Å². The number of amides is 1. The Hall–Kier alpha value is -2.76. The normalized spacial score (nSPS) is 19.7. The average molecular weight is 353 g/mol. The van der Waals surface area contributed by atoms with Crippen molar-refractivity contribution in [2.45, 2.75) is 32.7 Å². The summed E-state index contributed by atoms with van der Waals surface area (Å²) in [6, 6.07) is 6.48. The molecule has 1 aliphatic carbocycles. The van der Waals surface area contributed by atoms with Crippen LogP contribution in [0.4, 0.5) is 0 Å². The number of carbonyl (C=O) groups is 2. The fourth-order valence-electron chi connectivity index (χ4n) is 3.14. The Morgan fingerprint density at radius 1 is 1.38 bits per heavy atom. The van der Waals surface area contributed by atoms with Gasteiger partial charge in [-0.1, -0.05) is 13.0 Å². The van der Waals surface area contributed by atoms with Crippen LogP contribution in [0.2, 0.25) is 0 Å². The van der Waals surface area contributed by atoms with Gasteiger partial charge in [0.15, 0.2) is 5.78 Å². The second-order valence-corrected chi connectivity index (χ2v) is 6.96. The van der Waals surface area contributed by atoms with E-state index in [0.29, 0.717) is 29.5 Å². The predicted octanol–water partition coefficient (Wildman–Crippen LogP) is 2.44. The predicted molar refractivity (Wildman–Crippen MR) is 98.4 cm³/mol. The summed E-state index contributed by atoms with van der Waals surface area (Å²) in [6.45, 7) is 3.95. The lowest BCUT2D eigenvalue weighted by atomic mass is 10.0. The zero-order chi connectivity index (χ0) is 18.8. The highest BCUT2D eigenvalue weighted by atomic mass is 16.2. The van der Waals surface area contributed by atoms with Crippen LogP contribution in [-0.4, -0.2) is 28.3 Å². The number of Topliss-reactive ketones (excluding diaryl/α,β-unsaturated/α-hetero) is 1. The van der Waals surface area contributed by atoms with Crippen molar-refractivity contribution in [3.05, 3.63) is 63.8 Å². The van der Waals surface area contributed by atoms with E-state index in [4.69, 9.17) is 0 Å². The third-order valence-corrected chi connectivity index (χ3v) is 5.09. The Labute approximate surface area is 152 Å². The molecule has 1 saturated carbocycles. The van der Waals surface area contributed by atoms with Crippen LogP contribution in [0.5, 0.6) is 0 Å². The summed E-state index contributed by atoms with van der Waals surface area (Å²) in [5.74, 6) is 0.438. The van der Waals surface area contributed by atoms with Crippen LogP contribution >= 0.6 is 0 Å². The van der Waals surface area contributed by atoms with E-state index >= 15 is 0 Å². The monoisotopic (exact) mass is 353 g/mol. The maximum atomic E-state index is 12.8. The van der Waals surface area contributed by atoms with Gasteiger partial charge in [0.1, 0.15) is 5.56 Å². The lowest BCUT2D eigenvalue weighted by Gasteiger charge is -2.17. The quantitative estimate of drug-likeness (QED) is 0.809. The standard InChI is InChI=1S/C20H23N3O3/c1-12-8-14(12)10-18(24)15-9-16(19(25)21-3)20(26)23(11-15)13(2)17-6-4-5-7-22-17/h4-7,9,11-14H,8,10H2,1-3H3,(H,21,25)/t12-,13?,14+/m0/s1. The molecule has 2 aromatic rings. The van der Waals surface area contributed by atoms with Crippen molar-refractivity contribution in [3.63, 3.8) is 0 Å². The number of rotatable bonds is 6. The molecule has 1 unspecified atom stereocenters. The number of nitrogens with zero attached hydrogens (tertiary/aromatic N) is 2.